The van der Waals surface area contributed by atoms with Gasteiger partial charge in [-0.25, -0.2) is 0 Å². The molecule has 0 heterocycles. The molecule has 4 aliphatic rings. The van der Waals surface area contributed by atoms with E-state index in [2.05, 4.69) is 173 Å². The van der Waals surface area contributed by atoms with Crippen LogP contribution in [-0.2, 0) is 5.41 Å². The van der Waals surface area contributed by atoms with Gasteiger partial charge in [-0.2, -0.15) is 0 Å². The quantitative estimate of drug-likeness (QED) is 0.140. The minimum atomic E-state index is -0.316. The predicted molar refractivity (Wildman–Crippen MR) is 230 cm³/mol. The van der Waals surface area contributed by atoms with E-state index in [-0.39, 0.29) is 11.0 Å². The predicted octanol–water partition coefficient (Wildman–Crippen LogP) is 14.7. The Labute approximate surface area is 324 Å². The first kappa shape index (κ1) is 35.1. The zero-order valence-corrected chi connectivity index (χ0v) is 33.2. The lowest BCUT2D eigenvalue weighted by atomic mass is 9.53. The Hall–Kier alpha value is -4.62. The fraction of sp³-hybridized carbons (Fsp3) is 0.358. The standard InChI is InChI=1S/C53H57N/c1-6-52(5,7-2)54(42-29-23-39(24-30-42)37-15-9-8-10-16-37)43-31-25-40(26-32-43)38-21-27-41(28-22-38)53(50-34-33-46(50)47-35-36-51(47,3)4)48-19-13-11-17-44(48)45-18-12-14-20-49(45)53/h11-14,17-34,37,47H,6-10,15-16,35-36H2,1-5H3/t47-/m0/s1. The lowest BCUT2D eigenvalue weighted by Crippen LogP contribution is -2.42. The fourth-order valence-corrected chi connectivity index (χ4v) is 10.7. The summed E-state index contributed by atoms with van der Waals surface area (Å²) < 4.78 is 0. The van der Waals surface area contributed by atoms with Gasteiger partial charge in [-0.1, -0.05) is 156 Å². The highest BCUT2D eigenvalue weighted by Crippen LogP contribution is 2.63. The van der Waals surface area contributed by atoms with Gasteiger partial charge in [-0.05, 0) is 143 Å². The van der Waals surface area contributed by atoms with E-state index in [1.165, 1.54) is 106 Å². The topological polar surface area (TPSA) is 3.24 Å². The van der Waals surface area contributed by atoms with Crippen molar-refractivity contribution >= 4 is 11.4 Å². The van der Waals surface area contributed by atoms with Crippen molar-refractivity contribution < 1.29 is 0 Å². The van der Waals surface area contributed by atoms with E-state index in [4.69, 9.17) is 0 Å². The molecule has 5 aromatic carbocycles. The van der Waals surface area contributed by atoms with Crippen molar-refractivity contribution in [1.82, 2.24) is 0 Å². The van der Waals surface area contributed by atoms with E-state index < -0.39 is 0 Å². The van der Waals surface area contributed by atoms with Gasteiger partial charge < -0.3 is 4.90 Å². The third-order valence-corrected chi connectivity index (χ3v) is 14.6. The number of rotatable bonds is 10. The average molecular weight is 708 g/mol. The largest absolute Gasteiger partial charge is 0.336 e. The monoisotopic (exact) mass is 707 g/mol. The third-order valence-electron chi connectivity index (χ3n) is 14.6. The number of allylic oxidation sites excluding steroid dienone is 4. The normalized spacial score (nSPS) is 19.8. The smallest absolute Gasteiger partial charge is 0.0716 e. The Kier molecular flexibility index (Phi) is 8.84. The van der Waals surface area contributed by atoms with Crippen molar-refractivity contribution in [2.75, 3.05) is 4.90 Å². The van der Waals surface area contributed by atoms with Crippen LogP contribution >= 0.6 is 0 Å². The summed E-state index contributed by atoms with van der Waals surface area (Å²) in [4.78, 5) is 2.60. The van der Waals surface area contributed by atoms with Crippen LogP contribution in [0.3, 0.4) is 0 Å². The van der Waals surface area contributed by atoms with Crippen LogP contribution in [0.2, 0.25) is 0 Å². The maximum absolute atomic E-state index is 2.60. The second-order valence-electron chi connectivity index (χ2n) is 17.7. The highest BCUT2D eigenvalue weighted by molar-refractivity contribution is 5.88. The van der Waals surface area contributed by atoms with Gasteiger partial charge in [-0.3, -0.25) is 0 Å². The molecule has 1 atom stereocenters. The Morgan fingerprint density at radius 1 is 0.611 bits per heavy atom. The number of hydrogen-bond donors (Lipinski definition) is 0. The van der Waals surface area contributed by atoms with Crippen LogP contribution in [0.5, 0.6) is 0 Å². The Balaban J connectivity index is 1.06. The van der Waals surface area contributed by atoms with E-state index in [0.717, 1.165) is 18.8 Å². The van der Waals surface area contributed by atoms with Gasteiger partial charge >= 0.3 is 0 Å². The molecule has 4 aliphatic carbocycles. The second kappa shape index (κ2) is 13.6. The van der Waals surface area contributed by atoms with Gasteiger partial charge in [0.2, 0.25) is 0 Å². The molecule has 0 aromatic heterocycles. The van der Waals surface area contributed by atoms with Crippen molar-refractivity contribution in [3.8, 4) is 22.3 Å². The fourth-order valence-electron chi connectivity index (χ4n) is 10.7. The van der Waals surface area contributed by atoms with Crippen LogP contribution in [0.1, 0.15) is 121 Å². The molecule has 2 saturated carbocycles. The molecule has 0 spiro atoms. The number of nitrogens with zero attached hydrogens (tertiary/aromatic N) is 1. The lowest BCUT2D eigenvalue weighted by molar-refractivity contribution is 0.104. The van der Waals surface area contributed by atoms with E-state index in [0.29, 0.717) is 11.3 Å². The molecule has 5 aromatic rings. The van der Waals surface area contributed by atoms with E-state index in [1.807, 2.05) is 0 Å². The zero-order valence-electron chi connectivity index (χ0n) is 33.2. The minimum absolute atomic E-state index is 0.0237. The molecule has 274 valence electrons. The Bertz CT molecular complexity index is 2160. The summed E-state index contributed by atoms with van der Waals surface area (Å²) >= 11 is 0. The molecule has 0 N–H and O–H groups in total. The summed E-state index contributed by atoms with van der Waals surface area (Å²) in [6, 6.07) is 46.9. The number of benzene rings is 5. The second-order valence-corrected chi connectivity index (χ2v) is 17.7. The SMILES string of the molecule is CCC(C)(CC)N(c1ccc(-c2ccc(C3(C4=CC=C4[C@@H]4CCC4(C)C)c4ccccc4-c4ccccc43)cc2)cc1)c1ccc(C2CCCCC2)cc1. The molecule has 0 saturated heterocycles. The van der Waals surface area contributed by atoms with Gasteiger partial charge in [0.1, 0.15) is 0 Å². The van der Waals surface area contributed by atoms with Crippen LogP contribution < -0.4 is 4.90 Å². The van der Waals surface area contributed by atoms with Crippen molar-refractivity contribution in [2.24, 2.45) is 11.3 Å². The molecule has 0 amide bonds. The molecule has 0 aliphatic heterocycles. The number of fused-ring (bicyclic) bond motifs is 3. The molecular formula is C53H57N. The third kappa shape index (κ3) is 5.48. The first-order valence-corrected chi connectivity index (χ1v) is 21.0. The molecule has 0 bridgehead atoms. The van der Waals surface area contributed by atoms with Gasteiger partial charge in [0.25, 0.3) is 0 Å². The van der Waals surface area contributed by atoms with Gasteiger partial charge in [0, 0.05) is 16.9 Å². The molecular weight excluding hydrogens is 651 g/mol. The number of anilines is 2. The van der Waals surface area contributed by atoms with Gasteiger partial charge in [0.05, 0.1) is 5.41 Å². The van der Waals surface area contributed by atoms with Crippen LogP contribution in [0.15, 0.2) is 145 Å². The minimum Gasteiger partial charge on any atom is -0.336 e. The molecule has 1 nitrogen and oxygen atoms in total. The summed E-state index contributed by atoms with van der Waals surface area (Å²) in [5.74, 6) is 1.34. The Morgan fingerprint density at radius 3 is 1.63 bits per heavy atom. The van der Waals surface area contributed by atoms with Crippen LogP contribution in [0.4, 0.5) is 11.4 Å². The van der Waals surface area contributed by atoms with E-state index in [1.54, 1.807) is 5.57 Å². The van der Waals surface area contributed by atoms with Gasteiger partial charge in [-0.15, -0.1) is 0 Å². The number of hydrogen-bond acceptors (Lipinski definition) is 1. The molecule has 0 radical (unpaired) electrons. The maximum atomic E-state index is 2.60. The molecule has 54 heavy (non-hydrogen) atoms. The lowest BCUT2D eigenvalue weighted by Gasteiger charge is -2.51. The van der Waals surface area contributed by atoms with E-state index in [9.17, 15) is 0 Å². The summed E-state index contributed by atoms with van der Waals surface area (Å²) in [5.41, 5.74) is 16.6. The Morgan fingerprint density at radius 2 is 1.15 bits per heavy atom. The highest BCUT2D eigenvalue weighted by atomic mass is 15.2. The molecule has 1 heteroatoms. The van der Waals surface area contributed by atoms with Crippen molar-refractivity contribution in [1.29, 1.82) is 0 Å². The average Bonchev–Trinajstić information content (AvgIpc) is 3.50. The highest BCUT2D eigenvalue weighted by Gasteiger charge is 2.52. The first-order chi connectivity index (χ1) is 26.3. The van der Waals surface area contributed by atoms with Gasteiger partial charge in [0.15, 0.2) is 0 Å². The summed E-state index contributed by atoms with van der Waals surface area (Å²) in [5, 5.41) is 0. The van der Waals surface area contributed by atoms with Crippen molar-refractivity contribution in [3.05, 3.63) is 167 Å². The van der Waals surface area contributed by atoms with Crippen LogP contribution in [0.25, 0.3) is 22.3 Å². The van der Waals surface area contributed by atoms with Crippen LogP contribution in [-0.4, -0.2) is 5.54 Å². The van der Waals surface area contributed by atoms with E-state index >= 15 is 0 Å². The summed E-state index contributed by atoms with van der Waals surface area (Å²) in [7, 11) is 0. The molecule has 9 rings (SSSR count). The maximum Gasteiger partial charge on any atom is 0.0716 e. The molecule has 2 fully saturated rings. The first-order valence-electron chi connectivity index (χ1n) is 21.0. The summed E-state index contributed by atoms with van der Waals surface area (Å²) in [6.45, 7) is 12.0. The zero-order chi connectivity index (χ0) is 37.1. The summed E-state index contributed by atoms with van der Waals surface area (Å²) in [6.07, 6.45) is 16.4. The van der Waals surface area contributed by atoms with Crippen LogP contribution in [0, 0.1) is 11.3 Å². The molecule has 0 unspecified atom stereocenters. The van der Waals surface area contributed by atoms with Crippen molar-refractivity contribution in [3.63, 3.8) is 0 Å². The van der Waals surface area contributed by atoms with Crippen molar-refractivity contribution in [2.45, 2.75) is 109 Å².